The Balaban J connectivity index is 1.77. The molecule has 0 radical (unpaired) electrons. The van der Waals surface area contributed by atoms with Gasteiger partial charge in [-0.05, 0) is 51.2 Å². The summed E-state index contributed by atoms with van der Waals surface area (Å²) in [6, 6.07) is 1.04. The van der Waals surface area contributed by atoms with Crippen LogP contribution in [0.5, 0.6) is 0 Å². The first-order valence-electron chi connectivity index (χ1n) is 8.71. The van der Waals surface area contributed by atoms with E-state index < -0.39 is 8.56 Å². The van der Waals surface area contributed by atoms with Crippen molar-refractivity contribution in [2.24, 2.45) is 0 Å². The van der Waals surface area contributed by atoms with Crippen molar-refractivity contribution < 1.29 is 18.3 Å². The quantitative estimate of drug-likeness (QED) is 0.575. The number of nitrogens with zero attached hydrogens (tertiary/aromatic N) is 1. The van der Waals surface area contributed by atoms with E-state index in [0.717, 1.165) is 45.3 Å². The van der Waals surface area contributed by atoms with E-state index in [-0.39, 0.29) is 0 Å². The van der Waals surface area contributed by atoms with Crippen molar-refractivity contribution in [2.75, 3.05) is 47.1 Å². The normalized spacial score (nSPS) is 26.2. The van der Waals surface area contributed by atoms with Crippen molar-refractivity contribution in [3.05, 3.63) is 0 Å². The van der Waals surface area contributed by atoms with Gasteiger partial charge in [-0.25, -0.2) is 0 Å². The van der Waals surface area contributed by atoms with E-state index >= 15 is 0 Å². The molecular formula is C16H33NO4Si. The molecule has 2 rings (SSSR count). The lowest BCUT2D eigenvalue weighted by Gasteiger charge is -2.29. The van der Waals surface area contributed by atoms with Gasteiger partial charge in [0.05, 0.1) is 12.2 Å². The average Bonchev–Trinajstić information content (AvgIpc) is 3.20. The second-order valence-corrected chi connectivity index (χ2v) is 10.3. The van der Waals surface area contributed by atoms with Crippen LogP contribution in [-0.4, -0.2) is 72.7 Å². The Morgan fingerprint density at radius 3 is 1.95 bits per heavy atom. The Labute approximate surface area is 136 Å². The molecule has 0 aromatic carbocycles. The highest BCUT2D eigenvalue weighted by Gasteiger charge is 2.29. The van der Waals surface area contributed by atoms with Crippen LogP contribution in [0.3, 0.4) is 0 Å². The van der Waals surface area contributed by atoms with E-state index in [9.17, 15) is 0 Å². The Morgan fingerprint density at radius 2 is 1.55 bits per heavy atom. The third-order valence-electron chi connectivity index (χ3n) is 4.94. The van der Waals surface area contributed by atoms with Gasteiger partial charge in [0.25, 0.3) is 0 Å². The van der Waals surface area contributed by atoms with Crippen LogP contribution in [0.15, 0.2) is 0 Å². The van der Waals surface area contributed by atoms with Crippen LogP contribution in [-0.2, 0) is 18.3 Å². The van der Waals surface area contributed by atoms with Crippen molar-refractivity contribution >= 4 is 8.56 Å². The van der Waals surface area contributed by atoms with Crippen molar-refractivity contribution in [3.8, 4) is 0 Å². The van der Waals surface area contributed by atoms with Gasteiger partial charge in [0, 0.05) is 40.5 Å². The van der Waals surface area contributed by atoms with E-state index in [1.165, 1.54) is 25.7 Å². The summed E-state index contributed by atoms with van der Waals surface area (Å²) in [4.78, 5) is 2.53. The van der Waals surface area contributed by atoms with Crippen LogP contribution < -0.4 is 0 Å². The molecule has 2 heterocycles. The van der Waals surface area contributed by atoms with Crippen molar-refractivity contribution in [2.45, 2.75) is 56.9 Å². The van der Waals surface area contributed by atoms with Gasteiger partial charge < -0.3 is 18.3 Å². The standard InChI is InChI=1S/C16H33NO4Si/c1-18-22(3,19-2)12-6-9-17(13-15-7-4-10-20-15)14-16-8-5-11-21-16/h15-16H,4-14H2,1-3H3. The molecular weight excluding hydrogens is 298 g/mol. The van der Waals surface area contributed by atoms with E-state index in [2.05, 4.69) is 11.4 Å². The SMILES string of the molecule is CO[Si](C)(CCCN(CC1CCCO1)CC1CCCO1)OC. The van der Waals surface area contributed by atoms with Crippen LogP contribution in [0, 0.1) is 0 Å². The van der Waals surface area contributed by atoms with E-state index in [1.807, 2.05) is 0 Å². The van der Waals surface area contributed by atoms with Gasteiger partial charge in [-0.1, -0.05) is 0 Å². The summed E-state index contributed by atoms with van der Waals surface area (Å²) < 4.78 is 22.8. The number of rotatable bonds is 10. The predicted octanol–water partition coefficient (Wildman–Crippen LogP) is 2.40. The molecule has 22 heavy (non-hydrogen) atoms. The maximum absolute atomic E-state index is 5.81. The summed E-state index contributed by atoms with van der Waals surface area (Å²) in [6.45, 7) is 7.15. The predicted molar refractivity (Wildman–Crippen MR) is 89.4 cm³/mol. The summed E-state index contributed by atoms with van der Waals surface area (Å²) in [5.41, 5.74) is 0. The van der Waals surface area contributed by atoms with Crippen LogP contribution in [0.4, 0.5) is 0 Å². The Morgan fingerprint density at radius 1 is 1.00 bits per heavy atom. The lowest BCUT2D eigenvalue weighted by molar-refractivity contribution is 0.0374. The molecule has 2 fully saturated rings. The molecule has 0 saturated carbocycles. The molecule has 2 unspecified atom stereocenters. The van der Waals surface area contributed by atoms with Crippen molar-refractivity contribution in [3.63, 3.8) is 0 Å². The summed E-state index contributed by atoms with van der Waals surface area (Å²) in [6.07, 6.45) is 6.75. The number of hydrogen-bond acceptors (Lipinski definition) is 5. The maximum Gasteiger partial charge on any atom is 0.334 e. The highest BCUT2D eigenvalue weighted by molar-refractivity contribution is 6.65. The molecule has 5 nitrogen and oxygen atoms in total. The number of hydrogen-bond donors (Lipinski definition) is 0. The fourth-order valence-corrected chi connectivity index (χ4v) is 4.70. The molecule has 0 aromatic heterocycles. The van der Waals surface area contributed by atoms with Gasteiger partial charge in [0.1, 0.15) is 0 Å². The maximum atomic E-state index is 5.81. The third-order valence-corrected chi connectivity index (χ3v) is 7.93. The Bertz CT molecular complexity index is 285. The van der Waals surface area contributed by atoms with Crippen molar-refractivity contribution in [1.29, 1.82) is 0 Å². The van der Waals surface area contributed by atoms with Crippen LogP contribution in [0.25, 0.3) is 0 Å². The van der Waals surface area contributed by atoms with Gasteiger partial charge >= 0.3 is 8.56 Å². The largest absolute Gasteiger partial charge is 0.398 e. The van der Waals surface area contributed by atoms with Crippen molar-refractivity contribution in [1.82, 2.24) is 4.90 Å². The molecule has 6 heteroatoms. The molecule has 0 amide bonds. The van der Waals surface area contributed by atoms with Gasteiger partial charge in [-0.3, -0.25) is 4.90 Å². The zero-order valence-corrected chi connectivity index (χ0v) is 15.5. The molecule has 0 N–H and O–H groups in total. The summed E-state index contributed by atoms with van der Waals surface area (Å²) in [5.74, 6) is 0. The van der Waals surface area contributed by atoms with E-state index in [0.29, 0.717) is 12.2 Å². The van der Waals surface area contributed by atoms with E-state index in [4.69, 9.17) is 18.3 Å². The zero-order valence-electron chi connectivity index (χ0n) is 14.5. The van der Waals surface area contributed by atoms with E-state index in [1.54, 1.807) is 14.2 Å². The number of ether oxygens (including phenoxy) is 2. The first-order valence-corrected chi connectivity index (χ1v) is 11.2. The topological polar surface area (TPSA) is 40.2 Å². The molecule has 0 aliphatic carbocycles. The first kappa shape index (κ1) is 18.4. The van der Waals surface area contributed by atoms with Gasteiger partial charge in [-0.2, -0.15) is 0 Å². The summed E-state index contributed by atoms with van der Waals surface area (Å²) >= 11 is 0. The second-order valence-electron chi connectivity index (χ2n) is 6.68. The van der Waals surface area contributed by atoms with Crippen LogP contribution >= 0.6 is 0 Å². The van der Waals surface area contributed by atoms with Crippen LogP contribution in [0.1, 0.15) is 32.1 Å². The summed E-state index contributed by atoms with van der Waals surface area (Å²) in [5, 5.41) is 0. The second kappa shape index (κ2) is 9.35. The molecule has 0 bridgehead atoms. The third kappa shape index (κ3) is 5.90. The molecule has 130 valence electrons. The monoisotopic (exact) mass is 331 g/mol. The zero-order chi connectivity index (χ0) is 15.8. The minimum atomic E-state index is -1.94. The molecule has 2 saturated heterocycles. The lowest BCUT2D eigenvalue weighted by Crippen LogP contribution is -2.40. The fourth-order valence-electron chi connectivity index (χ4n) is 3.32. The lowest BCUT2D eigenvalue weighted by atomic mass is 10.2. The highest BCUT2D eigenvalue weighted by atomic mass is 28.4. The Kier molecular flexibility index (Phi) is 7.80. The average molecular weight is 332 g/mol. The van der Waals surface area contributed by atoms with Crippen LogP contribution in [0.2, 0.25) is 12.6 Å². The smallest absolute Gasteiger partial charge is 0.334 e. The Hall–Kier alpha value is 0.0169. The minimum absolute atomic E-state index is 0.412. The fraction of sp³-hybridized carbons (Fsp3) is 1.00. The minimum Gasteiger partial charge on any atom is -0.398 e. The van der Waals surface area contributed by atoms with Gasteiger partial charge in [0.15, 0.2) is 0 Å². The molecule has 2 aliphatic heterocycles. The summed E-state index contributed by atoms with van der Waals surface area (Å²) in [7, 11) is 1.60. The molecule has 0 aromatic rings. The highest BCUT2D eigenvalue weighted by Crippen LogP contribution is 2.19. The molecule has 0 spiro atoms. The first-order chi connectivity index (χ1) is 10.6. The molecule has 2 aliphatic rings. The van der Waals surface area contributed by atoms with Gasteiger partial charge in [-0.15, -0.1) is 0 Å². The van der Waals surface area contributed by atoms with Gasteiger partial charge in [0.2, 0.25) is 0 Å². The molecule has 2 atom stereocenters.